The molecule has 6 heteroatoms. The van der Waals surface area contributed by atoms with Gasteiger partial charge in [0.1, 0.15) is 5.75 Å². The molecule has 1 unspecified atom stereocenters. The lowest BCUT2D eigenvalue weighted by Gasteiger charge is -2.31. The molecule has 2 aromatic rings. The molecule has 0 spiro atoms. The van der Waals surface area contributed by atoms with Crippen LogP contribution in [0.15, 0.2) is 59.1 Å². The highest BCUT2D eigenvalue weighted by Gasteiger charge is 2.20. The molecular weight excluding hydrogens is 396 g/mol. The van der Waals surface area contributed by atoms with Gasteiger partial charge >= 0.3 is 0 Å². The highest BCUT2D eigenvalue weighted by molar-refractivity contribution is 9.10. The van der Waals surface area contributed by atoms with E-state index < -0.39 is 0 Å². The smallest absolute Gasteiger partial charge is 0.258 e. The molecule has 2 aromatic carbocycles. The molecule has 0 bridgehead atoms. The number of rotatable bonds is 7. The first-order chi connectivity index (χ1) is 12.7. The topological polar surface area (TPSA) is 50.8 Å². The summed E-state index contributed by atoms with van der Waals surface area (Å²) in [6.07, 6.45) is 0. The molecule has 0 aromatic heterocycles. The molecule has 1 saturated heterocycles. The van der Waals surface area contributed by atoms with E-state index in [2.05, 4.69) is 26.1 Å². The summed E-state index contributed by atoms with van der Waals surface area (Å²) in [5.74, 6) is 0.533. The minimum Gasteiger partial charge on any atom is -0.484 e. The highest BCUT2D eigenvalue weighted by Crippen LogP contribution is 2.18. The number of ether oxygens (including phenoxy) is 2. The van der Waals surface area contributed by atoms with Gasteiger partial charge in [-0.1, -0.05) is 52.3 Å². The van der Waals surface area contributed by atoms with Gasteiger partial charge in [-0.25, -0.2) is 0 Å². The Morgan fingerprint density at radius 1 is 1.15 bits per heavy atom. The Morgan fingerprint density at radius 3 is 2.65 bits per heavy atom. The molecule has 1 amide bonds. The van der Waals surface area contributed by atoms with E-state index in [1.807, 2.05) is 54.6 Å². The number of carbonyl (C=O) groups is 1. The van der Waals surface area contributed by atoms with Crippen molar-refractivity contribution < 1.29 is 14.3 Å². The molecule has 1 atom stereocenters. The van der Waals surface area contributed by atoms with E-state index in [-0.39, 0.29) is 18.6 Å². The zero-order valence-electron chi connectivity index (χ0n) is 14.6. The van der Waals surface area contributed by atoms with Crippen molar-refractivity contribution in [3.8, 4) is 5.75 Å². The number of hydrogen-bond donors (Lipinski definition) is 1. The zero-order chi connectivity index (χ0) is 18.2. The van der Waals surface area contributed by atoms with Gasteiger partial charge in [-0.05, 0) is 23.8 Å². The molecule has 1 aliphatic rings. The quantitative estimate of drug-likeness (QED) is 0.750. The van der Waals surface area contributed by atoms with Crippen LogP contribution in [0.1, 0.15) is 11.6 Å². The zero-order valence-corrected chi connectivity index (χ0v) is 16.2. The van der Waals surface area contributed by atoms with Gasteiger partial charge in [0, 0.05) is 24.1 Å². The van der Waals surface area contributed by atoms with Crippen LogP contribution in [0.2, 0.25) is 0 Å². The van der Waals surface area contributed by atoms with Crippen LogP contribution in [-0.4, -0.2) is 50.3 Å². The summed E-state index contributed by atoms with van der Waals surface area (Å²) in [5.41, 5.74) is 1.09. The summed E-state index contributed by atoms with van der Waals surface area (Å²) in [5, 5.41) is 3.11. The Labute approximate surface area is 162 Å². The van der Waals surface area contributed by atoms with Crippen molar-refractivity contribution >= 4 is 21.8 Å². The third kappa shape index (κ3) is 5.83. The SMILES string of the molecule is O=C(COc1cccc(Br)c1)NC(CN1CCOCC1)c1ccccc1. The lowest BCUT2D eigenvalue weighted by Crippen LogP contribution is -2.44. The number of hydrogen-bond acceptors (Lipinski definition) is 4. The number of morpholine rings is 1. The predicted octanol–water partition coefficient (Wildman–Crippen LogP) is 3.02. The van der Waals surface area contributed by atoms with Gasteiger partial charge in [0.2, 0.25) is 0 Å². The van der Waals surface area contributed by atoms with E-state index in [9.17, 15) is 4.79 Å². The van der Waals surface area contributed by atoms with Crippen molar-refractivity contribution in [2.24, 2.45) is 0 Å². The maximum absolute atomic E-state index is 12.4. The fraction of sp³-hybridized carbons (Fsp3) is 0.350. The molecule has 0 saturated carbocycles. The average molecular weight is 419 g/mol. The van der Waals surface area contributed by atoms with Gasteiger partial charge in [-0.2, -0.15) is 0 Å². The summed E-state index contributed by atoms with van der Waals surface area (Å²) < 4.78 is 11.9. The van der Waals surface area contributed by atoms with Crippen molar-refractivity contribution in [1.29, 1.82) is 0 Å². The van der Waals surface area contributed by atoms with E-state index >= 15 is 0 Å². The number of nitrogens with zero attached hydrogens (tertiary/aromatic N) is 1. The lowest BCUT2D eigenvalue weighted by atomic mass is 10.1. The first-order valence-electron chi connectivity index (χ1n) is 8.73. The number of nitrogens with one attached hydrogen (secondary N) is 1. The van der Waals surface area contributed by atoms with Gasteiger partial charge < -0.3 is 14.8 Å². The lowest BCUT2D eigenvalue weighted by molar-refractivity contribution is -0.124. The van der Waals surface area contributed by atoms with Crippen molar-refractivity contribution in [3.05, 3.63) is 64.6 Å². The van der Waals surface area contributed by atoms with Crippen LogP contribution < -0.4 is 10.1 Å². The third-order valence-corrected chi connectivity index (χ3v) is 4.74. The molecule has 0 radical (unpaired) electrons. The fourth-order valence-electron chi connectivity index (χ4n) is 2.90. The molecule has 1 N–H and O–H groups in total. The third-order valence-electron chi connectivity index (χ3n) is 4.25. The van der Waals surface area contributed by atoms with Crippen LogP contribution in [-0.2, 0) is 9.53 Å². The largest absolute Gasteiger partial charge is 0.484 e. The van der Waals surface area contributed by atoms with E-state index in [1.165, 1.54) is 0 Å². The number of amides is 1. The van der Waals surface area contributed by atoms with Crippen LogP contribution in [0.5, 0.6) is 5.75 Å². The van der Waals surface area contributed by atoms with Crippen LogP contribution in [0, 0.1) is 0 Å². The van der Waals surface area contributed by atoms with E-state index in [1.54, 1.807) is 0 Å². The molecular formula is C20H23BrN2O3. The van der Waals surface area contributed by atoms with Gasteiger partial charge in [0.25, 0.3) is 5.91 Å². The van der Waals surface area contributed by atoms with Crippen molar-refractivity contribution in [2.45, 2.75) is 6.04 Å². The monoisotopic (exact) mass is 418 g/mol. The molecule has 0 aliphatic carbocycles. The van der Waals surface area contributed by atoms with Crippen LogP contribution in [0.4, 0.5) is 0 Å². The molecule has 1 fully saturated rings. The summed E-state index contributed by atoms with van der Waals surface area (Å²) in [6, 6.07) is 17.4. The predicted molar refractivity (Wildman–Crippen MR) is 104 cm³/mol. The molecule has 1 heterocycles. The second-order valence-corrected chi connectivity index (χ2v) is 7.11. The minimum atomic E-state index is -0.132. The first-order valence-corrected chi connectivity index (χ1v) is 9.53. The summed E-state index contributed by atoms with van der Waals surface area (Å²) in [7, 11) is 0. The number of benzene rings is 2. The Hall–Kier alpha value is -1.89. The standard InChI is InChI=1S/C20H23BrN2O3/c21-17-7-4-8-18(13-17)26-15-20(24)22-19(16-5-2-1-3-6-16)14-23-9-11-25-12-10-23/h1-8,13,19H,9-12,14-15H2,(H,22,24). The van der Waals surface area contributed by atoms with Crippen LogP contribution in [0.3, 0.4) is 0 Å². The van der Waals surface area contributed by atoms with Crippen molar-refractivity contribution in [1.82, 2.24) is 10.2 Å². The van der Waals surface area contributed by atoms with E-state index in [4.69, 9.17) is 9.47 Å². The Bertz CT molecular complexity index is 705. The Balaban J connectivity index is 1.59. The van der Waals surface area contributed by atoms with Crippen LogP contribution >= 0.6 is 15.9 Å². The van der Waals surface area contributed by atoms with Gasteiger partial charge in [0.15, 0.2) is 6.61 Å². The molecule has 26 heavy (non-hydrogen) atoms. The highest BCUT2D eigenvalue weighted by atomic mass is 79.9. The molecule has 138 valence electrons. The maximum atomic E-state index is 12.4. The second kappa shape index (κ2) is 9.71. The average Bonchev–Trinajstić information content (AvgIpc) is 2.67. The minimum absolute atomic E-state index is 0.0110. The maximum Gasteiger partial charge on any atom is 0.258 e. The summed E-state index contributed by atoms with van der Waals surface area (Å²) >= 11 is 3.40. The first kappa shape index (κ1) is 18.9. The van der Waals surface area contributed by atoms with E-state index in [0.29, 0.717) is 5.75 Å². The fourth-order valence-corrected chi connectivity index (χ4v) is 3.28. The van der Waals surface area contributed by atoms with Crippen molar-refractivity contribution in [3.63, 3.8) is 0 Å². The van der Waals surface area contributed by atoms with E-state index in [0.717, 1.165) is 42.9 Å². The van der Waals surface area contributed by atoms with Gasteiger partial charge in [0.05, 0.1) is 19.3 Å². The van der Waals surface area contributed by atoms with Crippen molar-refractivity contribution in [2.75, 3.05) is 39.5 Å². The van der Waals surface area contributed by atoms with Crippen LogP contribution in [0.25, 0.3) is 0 Å². The van der Waals surface area contributed by atoms with Gasteiger partial charge in [-0.15, -0.1) is 0 Å². The Kier molecular flexibility index (Phi) is 7.05. The molecule has 3 rings (SSSR count). The van der Waals surface area contributed by atoms with Gasteiger partial charge in [-0.3, -0.25) is 9.69 Å². The molecule has 1 aliphatic heterocycles. The second-order valence-electron chi connectivity index (χ2n) is 6.19. The molecule has 5 nitrogen and oxygen atoms in total. The summed E-state index contributed by atoms with van der Waals surface area (Å²) in [6.45, 7) is 3.99. The summed E-state index contributed by atoms with van der Waals surface area (Å²) in [4.78, 5) is 14.8. The number of halogens is 1. The Morgan fingerprint density at radius 2 is 1.92 bits per heavy atom. The normalized spacial score (nSPS) is 16.0. The number of carbonyl (C=O) groups excluding carboxylic acids is 1.